The molecule has 1 aliphatic rings. The summed E-state index contributed by atoms with van der Waals surface area (Å²) in [4.78, 5) is 45.7. The lowest BCUT2D eigenvalue weighted by atomic mass is 9.92. The van der Waals surface area contributed by atoms with E-state index in [0.29, 0.717) is 24.8 Å². The molecular weight excluding hydrogens is 515 g/mol. The first-order valence-corrected chi connectivity index (χ1v) is 12.2. The van der Waals surface area contributed by atoms with Gasteiger partial charge in [0.25, 0.3) is 5.91 Å². The maximum atomic E-state index is 12.7. The molecule has 5 heterocycles. The lowest BCUT2D eigenvalue weighted by molar-refractivity contribution is -0.192. The molecule has 39 heavy (non-hydrogen) atoms. The highest BCUT2D eigenvalue weighted by molar-refractivity contribution is 5.92. The van der Waals surface area contributed by atoms with Crippen molar-refractivity contribution in [2.75, 3.05) is 13.1 Å². The van der Waals surface area contributed by atoms with Crippen LogP contribution in [0.1, 0.15) is 54.8 Å². The van der Waals surface area contributed by atoms with Crippen LogP contribution in [0.15, 0.2) is 55.5 Å². The molecule has 0 spiro atoms. The number of imidazole rings is 1. The molecule has 0 radical (unpaired) electrons. The Kier molecular flexibility index (Phi) is 8.17. The normalized spacial score (nSPS) is 14.3. The van der Waals surface area contributed by atoms with Gasteiger partial charge in [0.1, 0.15) is 11.2 Å². The Hall–Kier alpha value is -4.42. The molecule has 1 N–H and O–H groups in total. The van der Waals surface area contributed by atoms with Gasteiger partial charge >= 0.3 is 12.1 Å². The number of carboxylic acid groups (broad SMARTS) is 1. The number of carbonyl (C=O) groups is 2. The minimum atomic E-state index is -5.08. The van der Waals surface area contributed by atoms with E-state index in [1.54, 1.807) is 18.6 Å². The topological polar surface area (TPSA) is 127 Å². The van der Waals surface area contributed by atoms with Crippen LogP contribution in [0.4, 0.5) is 13.2 Å². The molecule has 1 fully saturated rings. The average molecular weight is 542 g/mol. The molecular formula is C26H26F3N7O3. The predicted molar refractivity (Wildman–Crippen MR) is 135 cm³/mol. The minimum absolute atomic E-state index is 0.0612. The Bertz CT molecular complexity index is 1440. The number of fused-ring (bicyclic) bond motifs is 1. The summed E-state index contributed by atoms with van der Waals surface area (Å²) < 4.78 is 33.9. The molecule has 204 valence electrons. The van der Waals surface area contributed by atoms with Crippen LogP contribution in [0, 0.1) is 0 Å². The first-order valence-electron chi connectivity index (χ1n) is 12.2. The van der Waals surface area contributed by atoms with Gasteiger partial charge in [0.05, 0.1) is 23.7 Å². The zero-order valence-corrected chi connectivity index (χ0v) is 21.2. The SMILES string of the molecule is CC(C)n1cnc2c(-c3cccnc3)nc(C3CCN(C(=O)c4cnccn4)CC3)cc21.O=C(O)C(F)(F)F. The van der Waals surface area contributed by atoms with E-state index in [4.69, 9.17) is 14.9 Å². The fraction of sp³-hybridized carbons (Fsp3) is 0.346. The molecule has 0 bridgehead atoms. The van der Waals surface area contributed by atoms with Crippen LogP contribution < -0.4 is 0 Å². The van der Waals surface area contributed by atoms with Crippen LogP contribution in [0.2, 0.25) is 0 Å². The number of nitrogens with zero attached hydrogens (tertiary/aromatic N) is 7. The van der Waals surface area contributed by atoms with Crippen LogP contribution in [0.25, 0.3) is 22.3 Å². The summed E-state index contributed by atoms with van der Waals surface area (Å²) in [5.74, 6) is -2.54. The Morgan fingerprint density at radius 3 is 2.31 bits per heavy atom. The number of aliphatic carboxylic acids is 1. The van der Waals surface area contributed by atoms with E-state index in [2.05, 4.69) is 44.4 Å². The molecule has 0 aliphatic carbocycles. The van der Waals surface area contributed by atoms with E-state index in [9.17, 15) is 18.0 Å². The van der Waals surface area contributed by atoms with Crippen molar-refractivity contribution in [2.45, 2.75) is 44.8 Å². The zero-order valence-electron chi connectivity index (χ0n) is 21.2. The highest BCUT2D eigenvalue weighted by Crippen LogP contribution is 2.34. The predicted octanol–water partition coefficient (Wildman–Crippen LogP) is 4.52. The zero-order chi connectivity index (χ0) is 28.2. The second-order valence-electron chi connectivity index (χ2n) is 9.21. The fourth-order valence-corrected chi connectivity index (χ4v) is 4.32. The average Bonchev–Trinajstić information content (AvgIpc) is 3.37. The third-order valence-electron chi connectivity index (χ3n) is 6.30. The van der Waals surface area contributed by atoms with Gasteiger partial charge in [0.2, 0.25) is 0 Å². The van der Waals surface area contributed by atoms with Crippen molar-refractivity contribution >= 4 is 22.9 Å². The summed E-state index contributed by atoms with van der Waals surface area (Å²) in [7, 11) is 0. The minimum Gasteiger partial charge on any atom is -0.475 e. The fourth-order valence-electron chi connectivity index (χ4n) is 4.32. The van der Waals surface area contributed by atoms with Crippen LogP contribution in [-0.4, -0.2) is 70.6 Å². The Morgan fingerprint density at radius 1 is 1.05 bits per heavy atom. The number of piperidine rings is 1. The van der Waals surface area contributed by atoms with Crippen molar-refractivity contribution in [1.82, 2.24) is 34.4 Å². The Labute approximate surface area is 221 Å². The van der Waals surface area contributed by atoms with Crippen LogP contribution in [0.3, 0.4) is 0 Å². The summed E-state index contributed by atoms with van der Waals surface area (Å²) in [5.41, 5.74) is 5.25. The van der Waals surface area contributed by atoms with E-state index in [1.165, 1.54) is 6.20 Å². The largest absolute Gasteiger partial charge is 0.490 e. The van der Waals surface area contributed by atoms with E-state index in [0.717, 1.165) is 40.8 Å². The second kappa shape index (κ2) is 11.5. The number of rotatable bonds is 4. The molecule has 4 aromatic heterocycles. The lowest BCUT2D eigenvalue weighted by Crippen LogP contribution is -2.38. The highest BCUT2D eigenvalue weighted by atomic mass is 19.4. The van der Waals surface area contributed by atoms with Gasteiger partial charge in [-0.15, -0.1) is 0 Å². The third kappa shape index (κ3) is 6.36. The molecule has 13 heteroatoms. The molecule has 4 aromatic rings. The molecule has 0 unspecified atom stereocenters. The summed E-state index contributed by atoms with van der Waals surface area (Å²) >= 11 is 0. The monoisotopic (exact) mass is 541 g/mol. The van der Waals surface area contributed by atoms with E-state index >= 15 is 0 Å². The molecule has 5 rings (SSSR count). The van der Waals surface area contributed by atoms with Gasteiger partial charge in [-0.05, 0) is 44.9 Å². The number of pyridine rings is 2. The molecule has 1 amide bonds. The number of carboxylic acids is 1. The maximum Gasteiger partial charge on any atom is 0.490 e. The number of likely N-dealkylation sites (tertiary alicyclic amines) is 1. The number of amides is 1. The summed E-state index contributed by atoms with van der Waals surface area (Å²) in [6, 6.07) is 6.41. The van der Waals surface area contributed by atoms with Crippen molar-refractivity contribution in [3.63, 3.8) is 0 Å². The summed E-state index contributed by atoms with van der Waals surface area (Å²) in [6.07, 6.45) is 6.77. The van der Waals surface area contributed by atoms with Gasteiger partial charge in [-0.2, -0.15) is 13.2 Å². The standard InChI is InChI=1S/C24H25N7O.C2HF3O2/c1-16(2)31-15-28-23-21(31)12-19(29-22(23)18-4-3-7-25-13-18)17-5-10-30(11-6-17)24(32)20-14-26-8-9-27-20;3-2(4,5)1(6)7/h3-4,7-9,12-17H,5-6,10-11H2,1-2H3;(H,6,7). The summed E-state index contributed by atoms with van der Waals surface area (Å²) in [6.45, 7) is 5.65. The Morgan fingerprint density at radius 2 is 1.74 bits per heavy atom. The maximum absolute atomic E-state index is 12.7. The number of alkyl halides is 3. The molecule has 0 atom stereocenters. The van der Waals surface area contributed by atoms with Crippen molar-refractivity contribution in [1.29, 1.82) is 0 Å². The van der Waals surface area contributed by atoms with Crippen molar-refractivity contribution in [3.05, 3.63) is 66.9 Å². The van der Waals surface area contributed by atoms with Gasteiger partial charge in [0, 0.05) is 61.1 Å². The smallest absolute Gasteiger partial charge is 0.475 e. The number of carbonyl (C=O) groups excluding carboxylic acids is 1. The lowest BCUT2D eigenvalue weighted by Gasteiger charge is -2.31. The van der Waals surface area contributed by atoms with Gasteiger partial charge in [0.15, 0.2) is 0 Å². The molecule has 1 saturated heterocycles. The van der Waals surface area contributed by atoms with Crippen LogP contribution in [0.5, 0.6) is 0 Å². The Balaban J connectivity index is 0.000000448. The third-order valence-corrected chi connectivity index (χ3v) is 6.30. The first-order chi connectivity index (χ1) is 18.6. The van der Waals surface area contributed by atoms with Gasteiger partial charge in [-0.3, -0.25) is 19.7 Å². The molecule has 0 aromatic carbocycles. The van der Waals surface area contributed by atoms with Gasteiger partial charge in [-0.25, -0.2) is 14.8 Å². The van der Waals surface area contributed by atoms with Gasteiger partial charge in [-0.1, -0.05) is 0 Å². The highest BCUT2D eigenvalue weighted by Gasteiger charge is 2.38. The van der Waals surface area contributed by atoms with Crippen molar-refractivity contribution in [3.8, 4) is 11.3 Å². The number of hydrogen-bond acceptors (Lipinski definition) is 7. The second-order valence-corrected chi connectivity index (χ2v) is 9.21. The van der Waals surface area contributed by atoms with E-state index in [1.807, 2.05) is 29.6 Å². The summed E-state index contributed by atoms with van der Waals surface area (Å²) in [5, 5.41) is 7.12. The van der Waals surface area contributed by atoms with Crippen LogP contribution >= 0.6 is 0 Å². The molecule has 1 aliphatic heterocycles. The quantitative estimate of drug-likeness (QED) is 0.400. The van der Waals surface area contributed by atoms with Crippen molar-refractivity contribution in [2.24, 2.45) is 0 Å². The van der Waals surface area contributed by atoms with E-state index < -0.39 is 12.1 Å². The molecule has 0 saturated carbocycles. The number of halogens is 3. The van der Waals surface area contributed by atoms with Gasteiger partial charge < -0.3 is 14.6 Å². The molecule has 10 nitrogen and oxygen atoms in total. The van der Waals surface area contributed by atoms with Crippen molar-refractivity contribution < 1.29 is 27.9 Å². The number of hydrogen-bond donors (Lipinski definition) is 1. The van der Waals surface area contributed by atoms with Crippen LogP contribution in [-0.2, 0) is 4.79 Å². The number of aromatic nitrogens is 6. The van der Waals surface area contributed by atoms with E-state index in [-0.39, 0.29) is 11.8 Å². The first kappa shape index (κ1) is 27.6.